The van der Waals surface area contributed by atoms with Crippen LogP contribution in [0.2, 0.25) is 0 Å². The summed E-state index contributed by atoms with van der Waals surface area (Å²) in [5.41, 5.74) is 2.15. The molecule has 0 saturated carbocycles. The highest BCUT2D eigenvalue weighted by Crippen LogP contribution is 2.29. The fourth-order valence-electron chi connectivity index (χ4n) is 3.21. The number of hydrogen-bond donors (Lipinski definition) is 0. The highest BCUT2D eigenvalue weighted by Gasteiger charge is 2.10. The van der Waals surface area contributed by atoms with Crippen molar-refractivity contribution in [1.82, 2.24) is 9.38 Å². The summed E-state index contributed by atoms with van der Waals surface area (Å²) in [6.07, 6.45) is 1.69. The van der Waals surface area contributed by atoms with Crippen LogP contribution in [0.15, 0.2) is 86.2 Å². The van der Waals surface area contributed by atoms with Crippen LogP contribution in [-0.4, -0.2) is 9.38 Å². The maximum Gasteiger partial charge on any atom is 0.336 e. The summed E-state index contributed by atoms with van der Waals surface area (Å²) >= 11 is 1.39. The van der Waals surface area contributed by atoms with E-state index in [2.05, 4.69) is 4.98 Å². The second-order valence-corrected chi connectivity index (χ2v) is 7.31. The summed E-state index contributed by atoms with van der Waals surface area (Å²) in [5, 5.41) is 2.63. The normalized spacial score (nSPS) is 11.2. The molecule has 0 unspecified atom stereocenters. The standard InChI is InChI=1S/C22H14N2O4S/c25-20-10-15(23-22-24(20)8-9-29-22)13-27-16-6-7-17-18(14-4-2-1-3-5-14)12-21(26)28-19(17)11-16/h1-12H,13H2. The molecule has 0 aliphatic rings. The lowest BCUT2D eigenvalue weighted by molar-refractivity contribution is 0.301. The third-order valence-electron chi connectivity index (χ3n) is 4.54. The van der Waals surface area contributed by atoms with Crippen molar-refractivity contribution in [2.75, 3.05) is 0 Å². The summed E-state index contributed by atoms with van der Waals surface area (Å²) in [4.78, 5) is 29.2. The lowest BCUT2D eigenvalue weighted by Gasteiger charge is -2.09. The van der Waals surface area contributed by atoms with Crippen molar-refractivity contribution in [3.8, 4) is 16.9 Å². The molecule has 0 saturated heterocycles. The highest BCUT2D eigenvalue weighted by molar-refractivity contribution is 7.15. The largest absolute Gasteiger partial charge is 0.487 e. The Balaban J connectivity index is 1.48. The molecule has 0 bridgehead atoms. The summed E-state index contributed by atoms with van der Waals surface area (Å²) in [7, 11) is 0. The first kappa shape index (κ1) is 17.4. The van der Waals surface area contributed by atoms with E-state index in [1.165, 1.54) is 27.9 Å². The molecule has 29 heavy (non-hydrogen) atoms. The van der Waals surface area contributed by atoms with Crippen LogP contribution in [0.3, 0.4) is 0 Å². The number of benzene rings is 2. The van der Waals surface area contributed by atoms with Crippen LogP contribution in [0.25, 0.3) is 27.1 Å². The number of nitrogens with zero attached hydrogens (tertiary/aromatic N) is 2. The van der Waals surface area contributed by atoms with Gasteiger partial charge in [0.05, 0.1) is 5.69 Å². The minimum Gasteiger partial charge on any atom is -0.487 e. The van der Waals surface area contributed by atoms with Crippen molar-refractivity contribution < 1.29 is 9.15 Å². The van der Waals surface area contributed by atoms with Gasteiger partial charge >= 0.3 is 5.63 Å². The van der Waals surface area contributed by atoms with E-state index >= 15 is 0 Å². The minimum atomic E-state index is -0.425. The monoisotopic (exact) mass is 402 g/mol. The van der Waals surface area contributed by atoms with E-state index in [9.17, 15) is 9.59 Å². The van der Waals surface area contributed by atoms with Crippen LogP contribution in [-0.2, 0) is 6.61 Å². The molecular weight excluding hydrogens is 388 g/mol. The quantitative estimate of drug-likeness (QED) is 0.423. The zero-order chi connectivity index (χ0) is 19.8. The summed E-state index contributed by atoms with van der Waals surface area (Å²) < 4.78 is 12.7. The molecule has 0 aliphatic heterocycles. The average molecular weight is 402 g/mol. The van der Waals surface area contributed by atoms with E-state index in [0.29, 0.717) is 22.0 Å². The second kappa shape index (κ2) is 7.03. The first-order valence-corrected chi connectivity index (χ1v) is 9.77. The van der Waals surface area contributed by atoms with Gasteiger partial charge in [0.2, 0.25) is 0 Å². The van der Waals surface area contributed by atoms with Gasteiger partial charge in [-0.2, -0.15) is 0 Å². The Kier molecular flexibility index (Phi) is 4.22. The summed E-state index contributed by atoms with van der Waals surface area (Å²) in [5.74, 6) is 0.527. The van der Waals surface area contributed by atoms with E-state index in [1.807, 2.05) is 47.8 Å². The molecule has 5 aromatic rings. The van der Waals surface area contributed by atoms with Crippen molar-refractivity contribution in [3.63, 3.8) is 0 Å². The van der Waals surface area contributed by atoms with Crippen molar-refractivity contribution in [1.29, 1.82) is 0 Å². The molecule has 3 aromatic heterocycles. The van der Waals surface area contributed by atoms with Crippen LogP contribution in [0.1, 0.15) is 5.69 Å². The molecule has 0 amide bonds. The third kappa shape index (κ3) is 3.32. The Morgan fingerprint density at radius 2 is 1.90 bits per heavy atom. The second-order valence-electron chi connectivity index (χ2n) is 6.43. The Labute approximate surface area is 168 Å². The molecule has 0 spiro atoms. The van der Waals surface area contributed by atoms with Crippen LogP contribution < -0.4 is 15.9 Å². The van der Waals surface area contributed by atoms with Gasteiger partial charge in [-0.15, -0.1) is 11.3 Å². The first-order valence-electron chi connectivity index (χ1n) is 8.89. The van der Waals surface area contributed by atoms with Gasteiger partial charge in [-0.05, 0) is 23.3 Å². The molecule has 0 fully saturated rings. The molecular formula is C22H14N2O4S. The van der Waals surface area contributed by atoms with Crippen molar-refractivity contribution in [2.24, 2.45) is 0 Å². The molecule has 5 rings (SSSR count). The van der Waals surface area contributed by atoms with Gasteiger partial charge in [0.15, 0.2) is 4.96 Å². The maximum absolute atomic E-state index is 12.1. The zero-order valence-corrected chi connectivity index (χ0v) is 15.9. The number of thiazole rings is 1. The third-order valence-corrected chi connectivity index (χ3v) is 5.30. The number of aromatic nitrogens is 2. The van der Waals surface area contributed by atoms with Gasteiger partial charge in [0.25, 0.3) is 5.56 Å². The lowest BCUT2D eigenvalue weighted by atomic mass is 10.0. The van der Waals surface area contributed by atoms with Crippen molar-refractivity contribution in [3.05, 3.63) is 98.7 Å². The molecule has 6 nitrogen and oxygen atoms in total. The fraction of sp³-hybridized carbons (Fsp3) is 0.0455. The molecule has 7 heteroatoms. The predicted octanol–water partition coefficient (Wildman–Crippen LogP) is 4.11. The molecule has 3 heterocycles. The Morgan fingerprint density at radius 1 is 1.03 bits per heavy atom. The van der Waals surface area contributed by atoms with E-state index in [1.54, 1.807) is 12.3 Å². The van der Waals surface area contributed by atoms with Gasteiger partial charge in [0, 0.05) is 35.2 Å². The van der Waals surface area contributed by atoms with Gasteiger partial charge in [0.1, 0.15) is 17.9 Å². The van der Waals surface area contributed by atoms with Gasteiger partial charge in [-0.3, -0.25) is 9.20 Å². The van der Waals surface area contributed by atoms with Crippen molar-refractivity contribution >= 4 is 27.3 Å². The summed E-state index contributed by atoms with van der Waals surface area (Å²) in [6.45, 7) is 0.137. The van der Waals surface area contributed by atoms with Crippen LogP contribution in [0.4, 0.5) is 0 Å². The van der Waals surface area contributed by atoms with Gasteiger partial charge < -0.3 is 9.15 Å². The van der Waals surface area contributed by atoms with E-state index in [-0.39, 0.29) is 12.2 Å². The molecule has 0 atom stereocenters. The molecule has 2 aromatic carbocycles. The minimum absolute atomic E-state index is 0.137. The zero-order valence-electron chi connectivity index (χ0n) is 15.1. The van der Waals surface area contributed by atoms with E-state index in [4.69, 9.17) is 9.15 Å². The molecule has 142 valence electrons. The predicted molar refractivity (Wildman–Crippen MR) is 112 cm³/mol. The van der Waals surface area contributed by atoms with Gasteiger partial charge in [-0.25, -0.2) is 9.78 Å². The van der Waals surface area contributed by atoms with Crippen LogP contribution in [0.5, 0.6) is 5.75 Å². The molecule has 0 radical (unpaired) electrons. The van der Waals surface area contributed by atoms with E-state index < -0.39 is 5.63 Å². The molecule has 0 aliphatic carbocycles. The number of hydrogen-bond acceptors (Lipinski definition) is 6. The topological polar surface area (TPSA) is 73.8 Å². The lowest BCUT2D eigenvalue weighted by Crippen LogP contribution is -2.14. The fourth-order valence-corrected chi connectivity index (χ4v) is 3.95. The SMILES string of the molecule is O=c1cc(-c2ccccc2)c2ccc(OCc3cc(=O)n4ccsc4n3)cc2o1. The number of fused-ring (bicyclic) bond motifs is 2. The number of ether oxygens (including phenoxy) is 1. The Bertz CT molecular complexity index is 1450. The first-order chi connectivity index (χ1) is 14.2. The van der Waals surface area contributed by atoms with Crippen LogP contribution in [0, 0.1) is 0 Å². The Hall–Kier alpha value is -3.71. The average Bonchev–Trinajstić information content (AvgIpc) is 3.21. The number of rotatable bonds is 4. The molecule has 0 N–H and O–H groups in total. The maximum atomic E-state index is 12.1. The smallest absolute Gasteiger partial charge is 0.336 e. The summed E-state index contributed by atoms with van der Waals surface area (Å²) in [6, 6.07) is 18.0. The van der Waals surface area contributed by atoms with Crippen LogP contribution >= 0.6 is 11.3 Å². The highest BCUT2D eigenvalue weighted by atomic mass is 32.1. The van der Waals surface area contributed by atoms with E-state index in [0.717, 1.165) is 16.5 Å². The van der Waals surface area contributed by atoms with Gasteiger partial charge in [-0.1, -0.05) is 30.3 Å². The Morgan fingerprint density at radius 3 is 2.76 bits per heavy atom. The van der Waals surface area contributed by atoms with Crippen molar-refractivity contribution in [2.45, 2.75) is 6.61 Å².